The van der Waals surface area contributed by atoms with Gasteiger partial charge in [-0.2, -0.15) is 0 Å². The van der Waals surface area contributed by atoms with Crippen LogP contribution in [0.2, 0.25) is 10.0 Å². The molecule has 0 aliphatic carbocycles. The predicted octanol–water partition coefficient (Wildman–Crippen LogP) is 4.24. The van der Waals surface area contributed by atoms with Crippen molar-refractivity contribution in [1.82, 2.24) is 0 Å². The van der Waals surface area contributed by atoms with Gasteiger partial charge >= 0.3 is 0 Å². The Hall–Kier alpha value is -1.91. The number of ether oxygens (including phenoxy) is 2. The third-order valence-electron chi connectivity index (χ3n) is 3.82. The lowest BCUT2D eigenvalue weighted by atomic mass is 10.1. The van der Waals surface area contributed by atoms with E-state index in [1.807, 2.05) is 19.1 Å². The van der Waals surface area contributed by atoms with Crippen LogP contribution in [0.3, 0.4) is 0 Å². The highest BCUT2D eigenvalue weighted by atomic mass is 35.5. The molecular weight excluding hydrogens is 337 g/mol. The molecule has 0 saturated carbocycles. The van der Waals surface area contributed by atoms with E-state index in [2.05, 4.69) is 0 Å². The highest BCUT2D eigenvalue weighted by Gasteiger charge is 2.26. The van der Waals surface area contributed by atoms with Crippen LogP contribution in [0.1, 0.15) is 11.1 Å². The maximum Gasteiger partial charge on any atom is 0.265 e. The number of amides is 1. The standard InChI is InChI=1S/C17H15Cl2NO3/c1-10-13(19)4-3-5-14(10)20-8-11-6-12(18)7-15(22-2)17(11)23-9-16(20)21/h3-7H,8-9H2,1-2H3. The minimum atomic E-state index is -0.148. The summed E-state index contributed by atoms with van der Waals surface area (Å²) < 4.78 is 11.0. The molecule has 1 aliphatic rings. The fourth-order valence-corrected chi connectivity index (χ4v) is 3.03. The summed E-state index contributed by atoms with van der Waals surface area (Å²) in [6.45, 7) is 2.15. The molecule has 0 radical (unpaired) electrons. The summed E-state index contributed by atoms with van der Waals surface area (Å²) in [7, 11) is 1.54. The Kier molecular flexibility index (Phi) is 4.37. The topological polar surface area (TPSA) is 38.8 Å². The molecule has 0 saturated heterocycles. The van der Waals surface area contributed by atoms with Crippen molar-refractivity contribution in [3.63, 3.8) is 0 Å². The van der Waals surface area contributed by atoms with E-state index in [9.17, 15) is 4.79 Å². The minimum Gasteiger partial charge on any atom is -0.493 e. The second-order valence-electron chi connectivity index (χ2n) is 5.25. The van der Waals surface area contributed by atoms with Crippen molar-refractivity contribution in [3.8, 4) is 11.5 Å². The number of anilines is 1. The van der Waals surface area contributed by atoms with Crippen molar-refractivity contribution in [1.29, 1.82) is 0 Å². The lowest BCUT2D eigenvalue weighted by Crippen LogP contribution is -2.32. The quantitative estimate of drug-likeness (QED) is 0.812. The molecule has 1 heterocycles. The number of nitrogens with zero attached hydrogens (tertiary/aromatic N) is 1. The maximum absolute atomic E-state index is 12.5. The second kappa shape index (κ2) is 6.30. The Morgan fingerprint density at radius 2 is 2.04 bits per heavy atom. The molecule has 0 atom stereocenters. The Morgan fingerprint density at radius 1 is 1.26 bits per heavy atom. The van der Waals surface area contributed by atoms with E-state index in [0.29, 0.717) is 28.1 Å². The Bertz CT molecular complexity index is 777. The molecule has 1 amide bonds. The van der Waals surface area contributed by atoms with Crippen molar-refractivity contribution >= 4 is 34.8 Å². The third kappa shape index (κ3) is 2.96. The molecule has 2 aromatic rings. The van der Waals surface area contributed by atoms with Gasteiger partial charge in [0.25, 0.3) is 5.91 Å². The van der Waals surface area contributed by atoms with Crippen molar-refractivity contribution < 1.29 is 14.3 Å². The number of fused-ring (bicyclic) bond motifs is 1. The highest BCUT2D eigenvalue weighted by Crippen LogP contribution is 2.38. The van der Waals surface area contributed by atoms with Gasteiger partial charge in [-0.05, 0) is 30.7 Å². The smallest absolute Gasteiger partial charge is 0.265 e. The molecule has 0 aromatic heterocycles. The lowest BCUT2D eigenvalue weighted by molar-refractivity contribution is -0.120. The van der Waals surface area contributed by atoms with Crippen LogP contribution >= 0.6 is 23.2 Å². The van der Waals surface area contributed by atoms with E-state index in [-0.39, 0.29) is 12.5 Å². The molecule has 1 aliphatic heterocycles. The van der Waals surface area contributed by atoms with E-state index in [1.54, 1.807) is 30.2 Å². The van der Waals surface area contributed by atoms with Crippen molar-refractivity contribution in [3.05, 3.63) is 51.5 Å². The van der Waals surface area contributed by atoms with Crippen LogP contribution in [0.4, 0.5) is 5.69 Å². The normalized spacial score (nSPS) is 14.1. The number of hydrogen-bond acceptors (Lipinski definition) is 3. The number of rotatable bonds is 2. The van der Waals surface area contributed by atoms with Gasteiger partial charge in [0.2, 0.25) is 0 Å². The number of carbonyl (C=O) groups excluding carboxylic acids is 1. The third-order valence-corrected chi connectivity index (χ3v) is 4.44. The molecule has 0 fully saturated rings. The number of halogens is 2. The van der Waals surface area contributed by atoms with Gasteiger partial charge in [-0.15, -0.1) is 0 Å². The van der Waals surface area contributed by atoms with Crippen LogP contribution in [-0.4, -0.2) is 19.6 Å². The summed E-state index contributed by atoms with van der Waals surface area (Å²) in [5.41, 5.74) is 2.40. The van der Waals surface area contributed by atoms with E-state index in [0.717, 1.165) is 16.8 Å². The zero-order valence-corrected chi connectivity index (χ0v) is 14.2. The van der Waals surface area contributed by atoms with Crippen LogP contribution in [0.15, 0.2) is 30.3 Å². The van der Waals surface area contributed by atoms with Crippen LogP contribution in [0.5, 0.6) is 11.5 Å². The van der Waals surface area contributed by atoms with Crippen LogP contribution in [0, 0.1) is 6.92 Å². The molecule has 0 spiro atoms. The average Bonchev–Trinajstić information content (AvgIpc) is 2.69. The molecule has 0 bridgehead atoms. The highest BCUT2D eigenvalue weighted by molar-refractivity contribution is 6.32. The maximum atomic E-state index is 12.5. The Balaban J connectivity index is 2.09. The summed E-state index contributed by atoms with van der Waals surface area (Å²) in [5.74, 6) is 0.919. The monoisotopic (exact) mass is 351 g/mol. The molecule has 0 unspecified atom stereocenters. The fourth-order valence-electron chi connectivity index (χ4n) is 2.63. The average molecular weight is 352 g/mol. The van der Waals surface area contributed by atoms with Crippen LogP contribution < -0.4 is 14.4 Å². The Morgan fingerprint density at radius 3 is 2.78 bits per heavy atom. The largest absolute Gasteiger partial charge is 0.493 e. The minimum absolute atomic E-state index is 0.0725. The zero-order chi connectivity index (χ0) is 16.6. The first-order chi connectivity index (χ1) is 11.0. The molecule has 23 heavy (non-hydrogen) atoms. The first-order valence-corrected chi connectivity index (χ1v) is 7.81. The summed E-state index contributed by atoms with van der Waals surface area (Å²) in [5, 5.41) is 1.14. The molecule has 0 N–H and O–H groups in total. The lowest BCUT2D eigenvalue weighted by Gasteiger charge is -2.22. The fraction of sp³-hybridized carbons (Fsp3) is 0.235. The van der Waals surface area contributed by atoms with Crippen molar-refractivity contribution in [2.45, 2.75) is 13.5 Å². The number of carbonyl (C=O) groups is 1. The first-order valence-electron chi connectivity index (χ1n) is 7.06. The second-order valence-corrected chi connectivity index (χ2v) is 6.09. The number of hydrogen-bond donors (Lipinski definition) is 0. The predicted molar refractivity (Wildman–Crippen MR) is 90.9 cm³/mol. The van der Waals surface area contributed by atoms with Gasteiger partial charge in [-0.25, -0.2) is 0 Å². The van der Waals surface area contributed by atoms with Gasteiger partial charge in [0.05, 0.1) is 13.7 Å². The van der Waals surface area contributed by atoms with Crippen LogP contribution in [0.25, 0.3) is 0 Å². The summed E-state index contributed by atoms with van der Waals surface area (Å²) >= 11 is 12.3. The number of methoxy groups -OCH3 is 1. The van der Waals surface area contributed by atoms with Crippen molar-refractivity contribution in [2.24, 2.45) is 0 Å². The molecule has 3 rings (SSSR count). The van der Waals surface area contributed by atoms with E-state index in [4.69, 9.17) is 32.7 Å². The summed E-state index contributed by atoms with van der Waals surface area (Å²) in [6.07, 6.45) is 0. The van der Waals surface area contributed by atoms with E-state index < -0.39 is 0 Å². The van der Waals surface area contributed by atoms with Gasteiger partial charge in [-0.3, -0.25) is 4.79 Å². The van der Waals surface area contributed by atoms with Gasteiger partial charge in [0.15, 0.2) is 18.1 Å². The molecule has 4 nitrogen and oxygen atoms in total. The summed E-state index contributed by atoms with van der Waals surface area (Å²) in [6, 6.07) is 8.94. The number of benzene rings is 2. The molecular formula is C17H15Cl2NO3. The Labute approximate surface area is 144 Å². The molecule has 120 valence electrons. The van der Waals surface area contributed by atoms with Gasteiger partial charge in [0.1, 0.15) is 0 Å². The van der Waals surface area contributed by atoms with E-state index in [1.165, 1.54) is 0 Å². The van der Waals surface area contributed by atoms with Gasteiger partial charge in [0, 0.05) is 27.4 Å². The van der Waals surface area contributed by atoms with Gasteiger partial charge in [-0.1, -0.05) is 29.3 Å². The SMILES string of the molecule is COc1cc(Cl)cc2c1OCC(=O)N(c1cccc(Cl)c1C)C2. The first kappa shape index (κ1) is 16.0. The van der Waals surface area contributed by atoms with Gasteiger partial charge < -0.3 is 14.4 Å². The van der Waals surface area contributed by atoms with Crippen LogP contribution in [-0.2, 0) is 11.3 Å². The van der Waals surface area contributed by atoms with Crippen molar-refractivity contribution in [2.75, 3.05) is 18.6 Å². The zero-order valence-electron chi connectivity index (χ0n) is 12.7. The summed E-state index contributed by atoms with van der Waals surface area (Å²) in [4.78, 5) is 14.2. The van der Waals surface area contributed by atoms with E-state index >= 15 is 0 Å². The molecule has 2 aromatic carbocycles. The molecule has 6 heteroatoms.